The van der Waals surface area contributed by atoms with Crippen molar-refractivity contribution in [3.05, 3.63) is 77.4 Å². The number of fused-ring (bicyclic) bond motifs is 1. The van der Waals surface area contributed by atoms with E-state index in [0.717, 1.165) is 30.8 Å². The van der Waals surface area contributed by atoms with Gasteiger partial charge in [-0.1, -0.05) is 42.5 Å². The van der Waals surface area contributed by atoms with Gasteiger partial charge in [0, 0.05) is 30.9 Å². The molecule has 168 valence electrons. The quantitative estimate of drug-likeness (QED) is 0.502. The Bertz CT molecular complexity index is 1110. The van der Waals surface area contributed by atoms with Gasteiger partial charge in [0.25, 0.3) is 0 Å². The molecule has 0 saturated carbocycles. The predicted octanol–water partition coefficient (Wildman–Crippen LogP) is 6.03. The molecule has 1 aliphatic rings. The Labute approximate surface area is 191 Å². The number of hydrogen-bond acceptors (Lipinski definition) is 4. The molecule has 0 radical (unpaired) electrons. The van der Waals surface area contributed by atoms with Crippen LogP contribution in [0, 0.1) is 6.92 Å². The number of carbonyl (C=O) groups is 1. The third kappa shape index (κ3) is 4.97. The van der Waals surface area contributed by atoms with Gasteiger partial charge in [0.2, 0.25) is 0 Å². The Kier molecular flexibility index (Phi) is 6.25. The molecule has 0 unspecified atom stereocenters. The minimum Gasteiger partial charge on any atom is -0.456 e. The van der Waals surface area contributed by atoms with Gasteiger partial charge < -0.3 is 15.0 Å². The molecule has 0 amide bonds. The molecule has 4 heteroatoms. The number of carbonyl (C=O) groups excluding carboxylic acids is 1. The molecule has 2 atom stereocenters. The first kappa shape index (κ1) is 22.3. The lowest BCUT2D eigenvalue weighted by Crippen LogP contribution is -2.34. The molecule has 1 N–H and O–H groups in total. The third-order valence-electron chi connectivity index (χ3n) is 6.16. The van der Waals surface area contributed by atoms with Gasteiger partial charge in [-0.2, -0.15) is 0 Å². The minimum atomic E-state index is -0.489. The van der Waals surface area contributed by atoms with E-state index in [1.807, 2.05) is 39.8 Å². The zero-order chi connectivity index (χ0) is 22.9. The van der Waals surface area contributed by atoms with Crippen LogP contribution in [0.15, 0.2) is 60.7 Å². The van der Waals surface area contributed by atoms with E-state index in [4.69, 9.17) is 4.74 Å². The van der Waals surface area contributed by atoms with Crippen LogP contribution in [0.3, 0.4) is 0 Å². The smallest absolute Gasteiger partial charge is 0.338 e. The average molecular weight is 431 g/mol. The van der Waals surface area contributed by atoms with Crippen molar-refractivity contribution in [1.29, 1.82) is 0 Å². The first-order valence-electron chi connectivity index (χ1n) is 11.5. The number of nitrogens with one attached hydrogen (secondary N) is 1. The average Bonchev–Trinajstić information content (AvgIpc) is 3.20. The number of rotatable bonds is 5. The number of anilines is 1. The molecular weight excluding hydrogens is 396 g/mol. The van der Waals surface area contributed by atoms with Crippen molar-refractivity contribution < 1.29 is 9.53 Å². The van der Waals surface area contributed by atoms with E-state index in [2.05, 4.69) is 65.7 Å². The number of aryl methyl sites for hydroxylation is 1. The summed E-state index contributed by atoms with van der Waals surface area (Å²) >= 11 is 0. The monoisotopic (exact) mass is 430 g/mol. The van der Waals surface area contributed by atoms with E-state index in [9.17, 15) is 4.79 Å². The van der Waals surface area contributed by atoms with Crippen LogP contribution in [-0.4, -0.2) is 30.7 Å². The van der Waals surface area contributed by atoms with Gasteiger partial charge in [0.1, 0.15) is 5.60 Å². The fourth-order valence-corrected chi connectivity index (χ4v) is 4.61. The lowest BCUT2D eigenvalue weighted by atomic mass is 9.99. The number of nitrogens with zero attached hydrogens (tertiary/aromatic N) is 1. The van der Waals surface area contributed by atoms with E-state index < -0.39 is 5.60 Å². The molecule has 1 fully saturated rings. The van der Waals surface area contributed by atoms with E-state index in [1.165, 1.54) is 16.3 Å². The highest BCUT2D eigenvalue weighted by atomic mass is 16.6. The Hall–Kier alpha value is -2.85. The fraction of sp³-hybridized carbons (Fsp3) is 0.393. The van der Waals surface area contributed by atoms with Gasteiger partial charge in [-0.15, -0.1) is 0 Å². The summed E-state index contributed by atoms with van der Waals surface area (Å²) in [5, 5.41) is 6.44. The molecule has 4 nitrogen and oxygen atoms in total. The zero-order valence-corrected chi connectivity index (χ0v) is 19.8. The van der Waals surface area contributed by atoms with E-state index in [0.29, 0.717) is 11.6 Å². The molecule has 1 saturated heterocycles. The van der Waals surface area contributed by atoms with E-state index in [1.54, 1.807) is 0 Å². The molecular formula is C28H34N2O2. The van der Waals surface area contributed by atoms with Gasteiger partial charge in [-0.05, 0) is 81.1 Å². The third-order valence-corrected chi connectivity index (χ3v) is 6.16. The van der Waals surface area contributed by atoms with Crippen molar-refractivity contribution in [3.63, 3.8) is 0 Å². The first-order chi connectivity index (χ1) is 15.2. The summed E-state index contributed by atoms with van der Waals surface area (Å²) in [5.74, 6) is -0.258. The number of ether oxygens (including phenoxy) is 1. The van der Waals surface area contributed by atoms with Crippen LogP contribution >= 0.6 is 0 Å². The van der Waals surface area contributed by atoms with Crippen LogP contribution in [0.5, 0.6) is 0 Å². The SMILES string of the molecule is Cc1cc(N2CC[C@H](N[C@H](C)c3cccc4ccccc34)C2)ccc1C(=O)OC(C)(C)C. The summed E-state index contributed by atoms with van der Waals surface area (Å²) in [4.78, 5) is 14.9. The molecule has 4 rings (SSSR count). The minimum absolute atomic E-state index is 0.258. The Morgan fingerprint density at radius 3 is 2.59 bits per heavy atom. The first-order valence-corrected chi connectivity index (χ1v) is 11.5. The molecule has 0 aliphatic carbocycles. The van der Waals surface area contributed by atoms with Crippen LogP contribution in [0.1, 0.15) is 61.6 Å². The molecule has 1 heterocycles. The molecule has 0 bridgehead atoms. The number of esters is 1. The number of benzene rings is 3. The molecule has 3 aromatic carbocycles. The molecule has 1 aliphatic heterocycles. The molecule has 3 aromatic rings. The summed E-state index contributed by atoms with van der Waals surface area (Å²) in [6.45, 7) is 11.9. The molecule has 0 spiro atoms. The second kappa shape index (κ2) is 8.95. The van der Waals surface area contributed by atoms with Crippen LogP contribution < -0.4 is 10.2 Å². The van der Waals surface area contributed by atoms with Crippen molar-refractivity contribution in [2.45, 2.75) is 58.7 Å². The van der Waals surface area contributed by atoms with Crippen molar-refractivity contribution in [2.24, 2.45) is 0 Å². The van der Waals surface area contributed by atoms with Gasteiger partial charge in [-0.25, -0.2) is 4.79 Å². The van der Waals surface area contributed by atoms with Gasteiger partial charge in [-0.3, -0.25) is 0 Å². The van der Waals surface area contributed by atoms with Crippen molar-refractivity contribution in [2.75, 3.05) is 18.0 Å². The van der Waals surface area contributed by atoms with Crippen molar-refractivity contribution >= 4 is 22.4 Å². The van der Waals surface area contributed by atoms with Crippen molar-refractivity contribution in [3.8, 4) is 0 Å². The number of hydrogen-bond donors (Lipinski definition) is 1. The normalized spacial score (nSPS) is 17.5. The van der Waals surface area contributed by atoms with Crippen LogP contribution in [0.2, 0.25) is 0 Å². The van der Waals surface area contributed by atoms with Crippen molar-refractivity contribution in [1.82, 2.24) is 5.32 Å². The summed E-state index contributed by atoms with van der Waals surface area (Å²) in [6.07, 6.45) is 1.10. The highest BCUT2D eigenvalue weighted by molar-refractivity contribution is 5.92. The van der Waals surface area contributed by atoms with Gasteiger partial charge in [0.05, 0.1) is 5.56 Å². The molecule has 32 heavy (non-hydrogen) atoms. The topological polar surface area (TPSA) is 41.6 Å². The van der Waals surface area contributed by atoms with Gasteiger partial charge in [0.15, 0.2) is 0 Å². The summed E-state index contributed by atoms with van der Waals surface area (Å²) < 4.78 is 5.54. The maximum atomic E-state index is 12.5. The summed E-state index contributed by atoms with van der Waals surface area (Å²) in [7, 11) is 0. The largest absolute Gasteiger partial charge is 0.456 e. The van der Waals surface area contributed by atoms with E-state index in [-0.39, 0.29) is 12.0 Å². The Balaban J connectivity index is 1.42. The highest BCUT2D eigenvalue weighted by Gasteiger charge is 2.26. The summed E-state index contributed by atoms with van der Waals surface area (Å²) in [6, 6.07) is 21.9. The second-order valence-corrected chi connectivity index (χ2v) is 9.89. The van der Waals surface area contributed by atoms with E-state index >= 15 is 0 Å². The fourth-order valence-electron chi connectivity index (χ4n) is 4.61. The Morgan fingerprint density at radius 1 is 1.09 bits per heavy atom. The van der Waals surface area contributed by atoms with Crippen LogP contribution in [-0.2, 0) is 4.74 Å². The van der Waals surface area contributed by atoms with Gasteiger partial charge >= 0.3 is 5.97 Å². The Morgan fingerprint density at radius 2 is 1.84 bits per heavy atom. The highest BCUT2D eigenvalue weighted by Crippen LogP contribution is 2.28. The van der Waals surface area contributed by atoms with Crippen LogP contribution in [0.25, 0.3) is 10.8 Å². The lowest BCUT2D eigenvalue weighted by molar-refractivity contribution is 0.00688. The zero-order valence-electron chi connectivity index (χ0n) is 19.8. The second-order valence-electron chi connectivity index (χ2n) is 9.89. The van der Waals surface area contributed by atoms with Crippen LogP contribution in [0.4, 0.5) is 5.69 Å². The maximum Gasteiger partial charge on any atom is 0.338 e. The maximum absolute atomic E-state index is 12.5. The predicted molar refractivity (Wildman–Crippen MR) is 132 cm³/mol. The summed E-state index contributed by atoms with van der Waals surface area (Å²) in [5.41, 5.74) is 3.62. The standard InChI is InChI=1S/C28H34N2O2/c1-19-17-23(13-14-24(19)27(31)32-28(3,4)5)30-16-15-22(18-30)29-20(2)25-12-8-10-21-9-6-7-11-26(21)25/h6-14,17,20,22,29H,15-16,18H2,1-5H3/t20-,22+/m1/s1. The molecule has 0 aromatic heterocycles. The lowest BCUT2D eigenvalue weighted by Gasteiger charge is -2.24.